The van der Waals surface area contributed by atoms with Gasteiger partial charge in [0.1, 0.15) is 17.1 Å². The van der Waals surface area contributed by atoms with E-state index in [1.54, 1.807) is 12.0 Å². The first-order valence-corrected chi connectivity index (χ1v) is 16.2. The lowest BCUT2D eigenvalue weighted by atomic mass is 9.91. The van der Waals surface area contributed by atoms with Gasteiger partial charge in [0.25, 0.3) is 5.91 Å². The van der Waals surface area contributed by atoms with Crippen molar-refractivity contribution >= 4 is 17.9 Å². The summed E-state index contributed by atoms with van der Waals surface area (Å²) in [4.78, 5) is 52.0. The van der Waals surface area contributed by atoms with Crippen LogP contribution in [0.5, 0.6) is 0 Å². The molecule has 4 rings (SSSR count). The molecule has 1 aromatic heterocycles. The Morgan fingerprint density at radius 2 is 1.79 bits per heavy atom. The van der Waals surface area contributed by atoms with E-state index in [0.717, 1.165) is 56.6 Å². The van der Waals surface area contributed by atoms with Crippen LogP contribution in [0.4, 0.5) is 4.79 Å². The fourth-order valence-electron chi connectivity index (χ4n) is 6.43. The number of fused-ring (bicyclic) bond motifs is 1. The summed E-state index contributed by atoms with van der Waals surface area (Å²) in [6.45, 7) is 14.5. The molecule has 1 aromatic rings. The third-order valence-corrected chi connectivity index (χ3v) is 8.41. The normalized spacial score (nSPS) is 21.1. The molecule has 0 aromatic carbocycles. The molecule has 242 valence electrons. The first-order valence-electron chi connectivity index (χ1n) is 16.2. The van der Waals surface area contributed by atoms with Crippen molar-refractivity contribution in [2.45, 2.75) is 97.8 Å². The van der Waals surface area contributed by atoms with Crippen LogP contribution in [-0.4, -0.2) is 113 Å². The number of aromatic nitrogens is 2. The molecule has 11 heteroatoms. The van der Waals surface area contributed by atoms with Crippen LogP contribution in [-0.2, 0) is 38.4 Å². The molecule has 3 amide bonds. The number of amides is 3. The topological polar surface area (TPSA) is 106 Å². The predicted octanol–water partition coefficient (Wildman–Crippen LogP) is 3.77. The third-order valence-electron chi connectivity index (χ3n) is 8.41. The second kappa shape index (κ2) is 14.9. The molecule has 0 aliphatic carbocycles. The molecule has 2 saturated heterocycles. The number of carbonyl (C=O) groups excluding carboxylic acids is 3. The minimum Gasteiger partial charge on any atom is -0.444 e. The van der Waals surface area contributed by atoms with E-state index in [1.165, 1.54) is 0 Å². The average Bonchev–Trinajstić information content (AvgIpc) is 3.35. The Morgan fingerprint density at radius 1 is 1.05 bits per heavy atom. The summed E-state index contributed by atoms with van der Waals surface area (Å²) < 4.78 is 18.8. The van der Waals surface area contributed by atoms with Crippen molar-refractivity contribution in [1.82, 2.24) is 24.3 Å². The zero-order chi connectivity index (χ0) is 31.1. The summed E-state index contributed by atoms with van der Waals surface area (Å²) in [6, 6.07) is -0.341. The van der Waals surface area contributed by atoms with E-state index >= 15 is 0 Å². The Balaban J connectivity index is 1.65. The lowest BCUT2D eigenvalue weighted by Gasteiger charge is -2.44. The molecule has 11 nitrogen and oxygen atoms in total. The quantitative estimate of drug-likeness (QED) is 0.375. The predicted molar refractivity (Wildman–Crippen MR) is 163 cm³/mol. The van der Waals surface area contributed by atoms with Crippen molar-refractivity contribution in [1.29, 1.82) is 0 Å². The smallest absolute Gasteiger partial charge is 0.410 e. The van der Waals surface area contributed by atoms with Gasteiger partial charge in [0.05, 0.1) is 30.9 Å². The Kier molecular flexibility index (Phi) is 11.5. The maximum Gasteiger partial charge on any atom is 0.410 e. The summed E-state index contributed by atoms with van der Waals surface area (Å²) in [7, 11) is 1.71. The first-order chi connectivity index (χ1) is 20.5. The van der Waals surface area contributed by atoms with E-state index in [4.69, 9.17) is 19.2 Å². The monoisotopic (exact) mass is 603 g/mol. The van der Waals surface area contributed by atoms with Gasteiger partial charge < -0.3 is 33.5 Å². The summed E-state index contributed by atoms with van der Waals surface area (Å²) in [6.07, 6.45) is 5.65. The highest BCUT2D eigenvalue weighted by Gasteiger charge is 2.42. The molecule has 0 saturated carbocycles. The molecule has 0 spiro atoms. The summed E-state index contributed by atoms with van der Waals surface area (Å²) >= 11 is 0. The molecule has 0 radical (unpaired) electrons. The Morgan fingerprint density at radius 3 is 2.47 bits per heavy atom. The number of carbonyl (C=O) groups is 3. The number of methoxy groups -OCH3 is 1. The van der Waals surface area contributed by atoms with E-state index in [9.17, 15) is 14.4 Å². The van der Waals surface area contributed by atoms with Crippen molar-refractivity contribution in [2.75, 3.05) is 59.7 Å². The van der Waals surface area contributed by atoms with Gasteiger partial charge in [-0.25, -0.2) is 9.78 Å². The van der Waals surface area contributed by atoms with Crippen LogP contribution in [0.3, 0.4) is 0 Å². The van der Waals surface area contributed by atoms with Gasteiger partial charge in [0.15, 0.2) is 0 Å². The number of ether oxygens (including phenoxy) is 3. The van der Waals surface area contributed by atoms with Crippen LogP contribution in [0.2, 0.25) is 0 Å². The second-order valence-corrected chi connectivity index (χ2v) is 13.6. The molecule has 0 bridgehead atoms. The number of morpholine rings is 1. The first kappa shape index (κ1) is 33.2. The lowest BCUT2D eigenvalue weighted by molar-refractivity contribution is -0.142. The number of piperidine rings is 1. The molecule has 0 N–H and O–H groups in total. The van der Waals surface area contributed by atoms with Gasteiger partial charge in [-0.05, 0) is 65.2 Å². The molecule has 3 aliphatic heterocycles. The molecular formula is C32H53N5O6. The standard InChI is InChI=1S/C32H53N5O6/c1-23(2)20-37(30(39)28-26(11-8-10-16-41-6)36-13-9-7-12-27(36)33-28)25-19-24(29(38)34-14-17-42-18-15-34)21-35(22-25)31(40)43-32(3,4)5/h23-25H,7-22H2,1-6H3/t24-,25+/m1/s1. The van der Waals surface area contributed by atoms with E-state index in [2.05, 4.69) is 18.4 Å². The number of likely N-dealkylation sites (tertiary alicyclic amines) is 1. The van der Waals surface area contributed by atoms with Crippen LogP contribution in [0.15, 0.2) is 0 Å². The molecule has 43 heavy (non-hydrogen) atoms. The van der Waals surface area contributed by atoms with Gasteiger partial charge in [-0.3, -0.25) is 9.59 Å². The molecule has 2 fully saturated rings. The second-order valence-electron chi connectivity index (χ2n) is 13.6. The van der Waals surface area contributed by atoms with E-state index < -0.39 is 17.6 Å². The summed E-state index contributed by atoms with van der Waals surface area (Å²) in [5, 5.41) is 0. The summed E-state index contributed by atoms with van der Waals surface area (Å²) in [5.74, 6) is 0.646. The zero-order valence-corrected chi connectivity index (χ0v) is 27.2. The largest absolute Gasteiger partial charge is 0.444 e. The Bertz CT molecular complexity index is 1110. The minimum absolute atomic E-state index is 0.00907. The van der Waals surface area contributed by atoms with Crippen molar-refractivity contribution in [3.8, 4) is 0 Å². The van der Waals surface area contributed by atoms with Crippen LogP contribution < -0.4 is 0 Å². The van der Waals surface area contributed by atoms with Gasteiger partial charge in [-0.1, -0.05) is 13.8 Å². The van der Waals surface area contributed by atoms with Gasteiger partial charge >= 0.3 is 6.09 Å². The number of aryl methyl sites for hydroxylation is 1. The lowest BCUT2D eigenvalue weighted by Crippen LogP contribution is -2.58. The van der Waals surface area contributed by atoms with Crippen LogP contribution in [0.25, 0.3) is 0 Å². The van der Waals surface area contributed by atoms with Gasteiger partial charge in [-0.2, -0.15) is 0 Å². The van der Waals surface area contributed by atoms with Crippen molar-refractivity contribution < 1.29 is 28.6 Å². The van der Waals surface area contributed by atoms with Gasteiger partial charge in [-0.15, -0.1) is 0 Å². The van der Waals surface area contributed by atoms with Crippen molar-refractivity contribution in [3.63, 3.8) is 0 Å². The Labute approximate surface area is 257 Å². The van der Waals surface area contributed by atoms with Crippen molar-refractivity contribution in [3.05, 3.63) is 17.2 Å². The number of unbranched alkanes of at least 4 members (excludes halogenated alkanes) is 1. The molecular weight excluding hydrogens is 550 g/mol. The molecule has 4 heterocycles. The highest BCUT2D eigenvalue weighted by Crippen LogP contribution is 2.29. The van der Waals surface area contributed by atoms with E-state index in [-0.39, 0.29) is 30.3 Å². The molecule has 3 aliphatic rings. The number of hydrogen-bond acceptors (Lipinski definition) is 7. The van der Waals surface area contributed by atoms with Crippen LogP contribution in [0.1, 0.15) is 88.7 Å². The SMILES string of the molecule is COCCCCc1c(C(=O)N(CC(C)C)[C@H]2C[C@@H](C(=O)N3CCOCC3)CN(C(=O)OC(C)(C)C)C2)nc2n1CCCC2. The summed E-state index contributed by atoms with van der Waals surface area (Å²) in [5.41, 5.74) is 0.861. The van der Waals surface area contributed by atoms with E-state index in [0.29, 0.717) is 58.1 Å². The highest BCUT2D eigenvalue weighted by atomic mass is 16.6. The molecule has 0 unspecified atom stereocenters. The number of imidazole rings is 1. The number of hydrogen-bond donors (Lipinski definition) is 0. The van der Waals surface area contributed by atoms with Gasteiger partial charge in [0.2, 0.25) is 5.91 Å². The fraction of sp³-hybridized carbons (Fsp3) is 0.812. The van der Waals surface area contributed by atoms with Gasteiger partial charge in [0, 0.05) is 59.4 Å². The van der Waals surface area contributed by atoms with Crippen LogP contribution in [0, 0.1) is 11.8 Å². The molecule has 2 atom stereocenters. The highest BCUT2D eigenvalue weighted by molar-refractivity contribution is 5.94. The van der Waals surface area contributed by atoms with Crippen molar-refractivity contribution in [2.24, 2.45) is 11.8 Å². The van der Waals surface area contributed by atoms with E-state index in [1.807, 2.05) is 30.6 Å². The maximum atomic E-state index is 14.6. The Hall–Kier alpha value is -2.66. The fourth-order valence-corrected chi connectivity index (χ4v) is 6.43. The number of rotatable bonds is 10. The van der Waals surface area contributed by atoms with Crippen LogP contribution >= 0.6 is 0 Å². The maximum absolute atomic E-state index is 14.6. The average molecular weight is 604 g/mol. The minimum atomic E-state index is -0.672. The third kappa shape index (κ3) is 8.71. The zero-order valence-electron chi connectivity index (χ0n) is 27.2. The number of nitrogens with zero attached hydrogens (tertiary/aromatic N) is 5.